The Kier molecular flexibility index (Phi) is 3.55. The van der Waals surface area contributed by atoms with Crippen LogP contribution in [0.15, 0.2) is 4.34 Å². The number of aliphatic hydroxyl groups excluding tert-OH is 1. The van der Waals surface area contributed by atoms with Crippen LogP contribution in [0.3, 0.4) is 0 Å². The Morgan fingerprint density at radius 2 is 2.25 bits per heavy atom. The largest absolute Gasteiger partial charge is 0.395 e. The molecule has 0 fully saturated rings. The van der Waals surface area contributed by atoms with Gasteiger partial charge in [0.25, 0.3) is 0 Å². The number of nitrogens with zero attached hydrogens (tertiary/aromatic N) is 1. The van der Waals surface area contributed by atoms with Gasteiger partial charge in [-0.3, -0.25) is 0 Å². The smallest absolute Gasteiger partial charge is 0.150 e. The second kappa shape index (κ2) is 4.25. The van der Waals surface area contributed by atoms with Gasteiger partial charge in [0.2, 0.25) is 0 Å². The first kappa shape index (κ1) is 10.0. The van der Waals surface area contributed by atoms with Gasteiger partial charge < -0.3 is 5.11 Å². The van der Waals surface area contributed by atoms with Crippen molar-refractivity contribution in [3.05, 3.63) is 10.6 Å². The molecular formula is C8H13NOS2. The first-order chi connectivity index (χ1) is 5.63. The van der Waals surface area contributed by atoms with E-state index in [1.165, 1.54) is 4.88 Å². The molecule has 1 unspecified atom stereocenters. The third-order valence-electron chi connectivity index (χ3n) is 1.57. The molecule has 0 aromatic carbocycles. The van der Waals surface area contributed by atoms with E-state index < -0.39 is 0 Å². The van der Waals surface area contributed by atoms with Crippen molar-refractivity contribution in [2.24, 2.45) is 0 Å². The van der Waals surface area contributed by atoms with E-state index in [0.717, 1.165) is 10.0 Å². The third-order valence-corrected chi connectivity index (χ3v) is 3.82. The van der Waals surface area contributed by atoms with E-state index >= 15 is 0 Å². The molecule has 0 aliphatic rings. The fourth-order valence-corrected chi connectivity index (χ4v) is 3.01. The van der Waals surface area contributed by atoms with Crippen LogP contribution in [0.4, 0.5) is 0 Å². The minimum atomic E-state index is 0.211. The lowest BCUT2D eigenvalue weighted by molar-refractivity contribution is 0.300. The Balaban J connectivity index is 2.64. The standard InChI is InChI=1S/C8H13NOS2/c1-5(4-10)11-8-9-6(2)7(3)12-8/h5,10H,4H2,1-3H3. The van der Waals surface area contributed by atoms with Crippen molar-refractivity contribution in [3.8, 4) is 0 Å². The molecule has 0 bridgehead atoms. The number of hydrogen-bond donors (Lipinski definition) is 1. The highest BCUT2D eigenvalue weighted by Crippen LogP contribution is 2.29. The molecule has 1 aromatic rings. The lowest BCUT2D eigenvalue weighted by Gasteiger charge is -2.02. The molecule has 0 radical (unpaired) electrons. The van der Waals surface area contributed by atoms with E-state index in [0.29, 0.717) is 0 Å². The van der Waals surface area contributed by atoms with Crippen LogP contribution >= 0.6 is 23.1 Å². The average Bonchev–Trinajstić information content (AvgIpc) is 2.31. The van der Waals surface area contributed by atoms with Gasteiger partial charge in [-0.15, -0.1) is 11.3 Å². The summed E-state index contributed by atoms with van der Waals surface area (Å²) in [5, 5.41) is 9.07. The minimum Gasteiger partial charge on any atom is -0.395 e. The fourth-order valence-electron chi connectivity index (χ4n) is 0.703. The number of aliphatic hydroxyl groups is 1. The zero-order valence-corrected chi connectivity index (χ0v) is 9.13. The Hall–Kier alpha value is -0.0600. The van der Waals surface area contributed by atoms with Crippen molar-refractivity contribution < 1.29 is 5.11 Å². The lowest BCUT2D eigenvalue weighted by atomic mass is 10.4. The molecule has 0 aliphatic carbocycles. The molecule has 1 N–H and O–H groups in total. The summed E-state index contributed by atoms with van der Waals surface area (Å²) in [6.45, 7) is 6.29. The Morgan fingerprint density at radius 3 is 2.67 bits per heavy atom. The summed E-state index contributed by atoms with van der Waals surface area (Å²) < 4.78 is 1.06. The Bertz CT molecular complexity index is 240. The normalized spacial score (nSPS) is 13.3. The maximum atomic E-state index is 8.83. The van der Waals surface area contributed by atoms with E-state index in [9.17, 15) is 0 Å². The number of aryl methyl sites for hydroxylation is 2. The SMILES string of the molecule is Cc1nc(SC(C)CO)sc1C. The molecule has 1 atom stereocenters. The second-order valence-corrected chi connectivity index (χ2v) is 5.62. The highest BCUT2D eigenvalue weighted by molar-refractivity contribution is 8.01. The van der Waals surface area contributed by atoms with Crippen molar-refractivity contribution in [1.82, 2.24) is 4.98 Å². The third kappa shape index (κ3) is 2.47. The molecule has 68 valence electrons. The Labute approximate surface area is 81.0 Å². The Morgan fingerprint density at radius 1 is 1.58 bits per heavy atom. The molecular weight excluding hydrogens is 190 g/mol. The van der Waals surface area contributed by atoms with E-state index in [-0.39, 0.29) is 11.9 Å². The molecule has 0 aliphatic heterocycles. The predicted octanol–water partition coefficient (Wildman–Crippen LogP) is 2.23. The quantitative estimate of drug-likeness (QED) is 0.765. The van der Waals surface area contributed by atoms with Crippen LogP contribution in [-0.2, 0) is 0 Å². The average molecular weight is 203 g/mol. The topological polar surface area (TPSA) is 33.1 Å². The summed E-state index contributed by atoms with van der Waals surface area (Å²) in [7, 11) is 0. The highest BCUT2D eigenvalue weighted by atomic mass is 32.2. The zero-order chi connectivity index (χ0) is 9.14. The van der Waals surface area contributed by atoms with Gasteiger partial charge in [-0.05, 0) is 13.8 Å². The fraction of sp³-hybridized carbons (Fsp3) is 0.625. The molecule has 1 rings (SSSR count). The van der Waals surface area contributed by atoms with Crippen LogP contribution in [-0.4, -0.2) is 21.9 Å². The van der Waals surface area contributed by atoms with Gasteiger partial charge >= 0.3 is 0 Å². The van der Waals surface area contributed by atoms with Crippen molar-refractivity contribution >= 4 is 23.1 Å². The van der Waals surface area contributed by atoms with Crippen molar-refractivity contribution in [1.29, 1.82) is 0 Å². The number of hydrogen-bond acceptors (Lipinski definition) is 4. The summed E-state index contributed by atoms with van der Waals surface area (Å²) in [5.41, 5.74) is 1.10. The van der Waals surface area contributed by atoms with Crippen molar-refractivity contribution in [2.45, 2.75) is 30.4 Å². The van der Waals surface area contributed by atoms with E-state index in [1.807, 2.05) is 13.8 Å². The lowest BCUT2D eigenvalue weighted by Crippen LogP contribution is -2.00. The van der Waals surface area contributed by atoms with Gasteiger partial charge in [0.1, 0.15) is 0 Å². The highest BCUT2D eigenvalue weighted by Gasteiger charge is 2.07. The van der Waals surface area contributed by atoms with Crippen molar-refractivity contribution in [3.63, 3.8) is 0 Å². The summed E-state index contributed by atoms with van der Waals surface area (Å²) in [6.07, 6.45) is 0. The number of thioether (sulfide) groups is 1. The number of thiazole rings is 1. The van der Waals surface area contributed by atoms with Gasteiger partial charge in [0.05, 0.1) is 12.3 Å². The molecule has 0 amide bonds. The molecule has 2 nitrogen and oxygen atoms in total. The summed E-state index contributed by atoms with van der Waals surface area (Å²) >= 11 is 3.33. The molecule has 1 aromatic heterocycles. The molecule has 1 heterocycles. The maximum Gasteiger partial charge on any atom is 0.150 e. The van der Waals surface area contributed by atoms with Gasteiger partial charge in [-0.1, -0.05) is 18.7 Å². The van der Waals surface area contributed by atoms with Crippen LogP contribution in [0, 0.1) is 13.8 Å². The summed E-state index contributed by atoms with van der Waals surface area (Å²) in [5.74, 6) is 0. The summed E-state index contributed by atoms with van der Waals surface area (Å²) in [6, 6.07) is 0. The first-order valence-electron chi connectivity index (χ1n) is 3.85. The molecule has 12 heavy (non-hydrogen) atoms. The molecule has 0 saturated carbocycles. The molecule has 4 heteroatoms. The van der Waals surface area contributed by atoms with Gasteiger partial charge in [0.15, 0.2) is 4.34 Å². The van der Waals surface area contributed by atoms with Crippen LogP contribution in [0.2, 0.25) is 0 Å². The minimum absolute atomic E-state index is 0.211. The first-order valence-corrected chi connectivity index (χ1v) is 5.54. The van der Waals surface area contributed by atoms with Crippen molar-refractivity contribution in [2.75, 3.05) is 6.61 Å². The van der Waals surface area contributed by atoms with Crippen LogP contribution in [0.1, 0.15) is 17.5 Å². The zero-order valence-electron chi connectivity index (χ0n) is 7.50. The van der Waals surface area contributed by atoms with Gasteiger partial charge in [0, 0.05) is 10.1 Å². The van der Waals surface area contributed by atoms with Gasteiger partial charge in [-0.25, -0.2) is 4.98 Å². The maximum absolute atomic E-state index is 8.83. The number of rotatable bonds is 3. The van der Waals surface area contributed by atoms with E-state index in [1.54, 1.807) is 23.1 Å². The van der Waals surface area contributed by atoms with Gasteiger partial charge in [-0.2, -0.15) is 0 Å². The van der Waals surface area contributed by atoms with E-state index in [4.69, 9.17) is 5.11 Å². The molecule has 0 spiro atoms. The van der Waals surface area contributed by atoms with Crippen LogP contribution in [0.5, 0.6) is 0 Å². The van der Waals surface area contributed by atoms with Crippen LogP contribution < -0.4 is 0 Å². The predicted molar refractivity (Wildman–Crippen MR) is 54.0 cm³/mol. The second-order valence-electron chi connectivity index (χ2n) is 2.73. The summed E-state index contributed by atoms with van der Waals surface area (Å²) in [4.78, 5) is 5.63. The monoisotopic (exact) mass is 203 g/mol. The van der Waals surface area contributed by atoms with Crippen LogP contribution in [0.25, 0.3) is 0 Å². The molecule has 0 saturated heterocycles. The number of aromatic nitrogens is 1. The van der Waals surface area contributed by atoms with E-state index in [2.05, 4.69) is 11.9 Å².